The lowest BCUT2D eigenvalue weighted by molar-refractivity contribution is -0.161. The van der Waals surface area contributed by atoms with Gasteiger partial charge in [-0.2, -0.15) is 0 Å². The van der Waals surface area contributed by atoms with Gasteiger partial charge in [-0.15, -0.1) is 0 Å². The van der Waals surface area contributed by atoms with Crippen LogP contribution in [0.5, 0.6) is 0 Å². The second-order valence-corrected chi connectivity index (χ2v) is 33.8. The Morgan fingerprint density at radius 3 is 0.673 bits per heavy atom. The van der Waals surface area contributed by atoms with Crippen molar-refractivity contribution >= 4 is 39.5 Å². The van der Waals surface area contributed by atoms with E-state index in [0.717, 1.165) is 108 Å². The van der Waals surface area contributed by atoms with E-state index in [0.29, 0.717) is 25.7 Å². The minimum absolute atomic E-state index is 0.107. The smallest absolute Gasteiger partial charge is 0.462 e. The van der Waals surface area contributed by atoms with Gasteiger partial charge in [0.05, 0.1) is 26.4 Å². The Bertz CT molecular complexity index is 1960. The topological polar surface area (TPSA) is 237 Å². The van der Waals surface area contributed by atoms with Gasteiger partial charge in [-0.1, -0.05) is 376 Å². The molecule has 0 heterocycles. The Hall–Kier alpha value is -1.94. The Labute approximate surface area is 619 Å². The predicted molar refractivity (Wildman–Crippen MR) is 414 cm³/mol. The number of unbranched alkanes of at least 4 members (excludes halogenated alkanes) is 48. The van der Waals surface area contributed by atoms with Crippen LogP contribution in [0, 0.1) is 17.8 Å². The molecule has 0 fully saturated rings. The standard InChI is InChI=1S/C82H160O17P2/c1-8-9-10-11-12-13-25-35-42-49-56-63-79(84)92-69-77(99-82(87)66-59-52-45-38-31-24-23-28-34-41-48-55-62-75(6)7)71-96-100(88,89)94-67-76(83)68-95-101(90,91)97-72-78(70-93-80(85)64-57-50-43-36-29-22-18-20-27-33-40-47-54-61-74(4)5)98-81(86)65-58-51-44-37-30-21-17-15-14-16-19-26-32-39-46-53-60-73(2)3/h73-78,83H,8-72H2,1-7H3,(H,88,89)(H,90,91)/t76-,77+,78+/m0/s1. The molecular weight excluding hydrogens is 1320 g/mol. The number of ether oxygens (including phenoxy) is 4. The Kier molecular flexibility index (Phi) is 70.9. The SMILES string of the molecule is CCCCCCCCCCCCCC(=O)OC[C@H](COP(=O)(O)OC[C@H](O)COP(=O)(O)OC[C@@H](COC(=O)CCCCCCCCCCCCCCCC(C)C)OC(=O)CCCCCCCCCCCCCCCCCCC(C)C)OC(=O)CCCCCCCCCCCCCCC(C)C. The molecule has 2 unspecified atom stereocenters. The molecular formula is C82H160O17P2. The number of carbonyl (C=O) groups is 4. The third kappa shape index (κ3) is 76.1. The summed E-state index contributed by atoms with van der Waals surface area (Å²) in [4.78, 5) is 73.1. The normalized spacial score (nSPS) is 14.0. The number of rotatable bonds is 80. The van der Waals surface area contributed by atoms with Crippen LogP contribution in [0.15, 0.2) is 0 Å². The lowest BCUT2D eigenvalue weighted by Gasteiger charge is -2.21. The quantitative estimate of drug-likeness (QED) is 0.0222. The summed E-state index contributed by atoms with van der Waals surface area (Å²) in [6, 6.07) is 0. The van der Waals surface area contributed by atoms with Gasteiger partial charge in [0, 0.05) is 25.7 Å². The number of hydrogen-bond donors (Lipinski definition) is 3. The summed E-state index contributed by atoms with van der Waals surface area (Å²) in [5.74, 6) is 0.269. The highest BCUT2D eigenvalue weighted by molar-refractivity contribution is 7.47. The molecule has 0 aromatic carbocycles. The van der Waals surface area contributed by atoms with E-state index in [1.165, 1.54) is 238 Å². The molecule has 0 aliphatic rings. The molecule has 0 radical (unpaired) electrons. The van der Waals surface area contributed by atoms with Gasteiger partial charge in [-0.25, -0.2) is 9.13 Å². The molecule has 0 saturated carbocycles. The third-order valence-corrected chi connectivity index (χ3v) is 21.0. The Morgan fingerprint density at radius 1 is 0.267 bits per heavy atom. The highest BCUT2D eigenvalue weighted by Gasteiger charge is 2.30. The first-order chi connectivity index (χ1) is 48.7. The van der Waals surface area contributed by atoms with Crippen molar-refractivity contribution in [2.75, 3.05) is 39.6 Å². The first-order valence-corrected chi connectivity index (χ1v) is 45.3. The molecule has 0 aliphatic carbocycles. The Morgan fingerprint density at radius 2 is 0.455 bits per heavy atom. The summed E-state index contributed by atoms with van der Waals surface area (Å²) in [6.45, 7) is 12.0. The molecule has 19 heteroatoms. The second-order valence-electron chi connectivity index (χ2n) is 30.9. The first kappa shape index (κ1) is 99.1. The van der Waals surface area contributed by atoms with E-state index in [4.69, 9.17) is 37.0 Å². The van der Waals surface area contributed by atoms with Crippen LogP contribution in [0.3, 0.4) is 0 Å². The van der Waals surface area contributed by atoms with Gasteiger partial charge < -0.3 is 33.8 Å². The lowest BCUT2D eigenvalue weighted by Crippen LogP contribution is -2.30. The molecule has 0 amide bonds. The van der Waals surface area contributed by atoms with E-state index in [1.54, 1.807) is 0 Å². The fourth-order valence-corrected chi connectivity index (χ4v) is 14.2. The van der Waals surface area contributed by atoms with Crippen molar-refractivity contribution in [1.29, 1.82) is 0 Å². The lowest BCUT2D eigenvalue weighted by atomic mass is 10.0. The highest BCUT2D eigenvalue weighted by Crippen LogP contribution is 2.45. The van der Waals surface area contributed by atoms with Crippen molar-refractivity contribution in [3.8, 4) is 0 Å². The van der Waals surface area contributed by atoms with Crippen molar-refractivity contribution in [2.24, 2.45) is 17.8 Å². The molecule has 0 aromatic rings. The fourth-order valence-electron chi connectivity index (χ4n) is 12.7. The summed E-state index contributed by atoms with van der Waals surface area (Å²) < 4.78 is 68.8. The summed E-state index contributed by atoms with van der Waals surface area (Å²) in [5.41, 5.74) is 0. The maximum Gasteiger partial charge on any atom is 0.472 e. The Balaban J connectivity index is 5.25. The molecule has 0 bridgehead atoms. The van der Waals surface area contributed by atoms with Crippen LogP contribution in [0.2, 0.25) is 0 Å². The predicted octanol–water partition coefficient (Wildman–Crippen LogP) is 24.5. The number of esters is 4. The van der Waals surface area contributed by atoms with E-state index in [1.807, 2.05) is 0 Å². The monoisotopic (exact) mass is 1480 g/mol. The molecule has 5 atom stereocenters. The zero-order valence-electron chi connectivity index (χ0n) is 66.4. The number of aliphatic hydroxyl groups is 1. The summed E-state index contributed by atoms with van der Waals surface area (Å²) in [7, 11) is -9.92. The second kappa shape index (κ2) is 72.3. The van der Waals surface area contributed by atoms with Crippen molar-refractivity contribution in [2.45, 2.75) is 446 Å². The van der Waals surface area contributed by atoms with Crippen molar-refractivity contribution in [3.63, 3.8) is 0 Å². The van der Waals surface area contributed by atoms with Gasteiger partial charge in [0.2, 0.25) is 0 Å². The molecule has 17 nitrogen and oxygen atoms in total. The maximum atomic E-state index is 13.1. The van der Waals surface area contributed by atoms with Crippen LogP contribution in [0.25, 0.3) is 0 Å². The van der Waals surface area contributed by atoms with E-state index in [2.05, 4.69) is 48.5 Å². The summed E-state index contributed by atoms with van der Waals surface area (Å²) >= 11 is 0. The molecule has 0 aromatic heterocycles. The van der Waals surface area contributed by atoms with Crippen molar-refractivity contribution in [3.05, 3.63) is 0 Å². The van der Waals surface area contributed by atoms with Crippen LogP contribution in [-0.4, -0.2) is 96.7 Å². The zero-order valence-corrected chi connectivity index (χ0v) is 68.2. The molecule has 0 spiro atoms. The number of hydrogen-bond acceptors (Lipinski definition) is 15. The molecule has 3 N–H and O–H groups in total. The minimum Gasteiger partial charge on any atom is -0.462 e. The third-order valence-electron chi connectivity index (χ3n) is 19.1. The van der Waals surface area contributed by atoms with Crippen LogP contribution in [-0.2, 0) is 65.4 Å². The average Bonchev–Trinajstić information content (AvgIpc) is 0.946. The van der Waals surface area contributed by atoms with Crippen LogP contribution >= 0.6 is 15.6 Å². The first-order valence-electron chi connectivity index (χ1n) is 42.3. The fraction of sp³-hybridized carbons (Fsp3) is 0.951. The van der Waals surface area contributed by atoms with E-state index < -0.39 is 97.5 Å². The number of carbonyl (C=O) groups excluding carboxylic acids is 4. The number of phosphoric ester groups is 2. The molecule has 600 valence electrons. The van der Waals surface area contributed by atoms with E-state index in [9.17, 15) is 43.2 Å². The van der Waals surface area contributed by atoms with Gasteiger partial charge in [0.15, 0.2) is 12.2 Å². The highest BCUT2D eigenvalue weighted by atomic mass is 31.2. The minimum atomic E-state index is -4.96. The zero-order chi connectivity index (χ0) is 74.4. The van der Waals surface area contributed by atoms with Gasteiger partial charge in [0.25, 0.3) is 0 Å². The van der Waals surface area contributed by atoms with E-state index in [-0.39, 0.29) is 25.7 Å². The molecule has 0 aliphatic heterocycles. The van der Waals surface area contributed by atoms with Gasteiger partial charge in [0.1, 0.15) is 19.3 Å². The van der Waals surface area contributed by atoms with Crippen LogP contribution in [0.4, 0.5) is 0 Å². The van der Waals surface area contributed by atoms with Gasteiger partial charge in [-0.05, 0) is 43.4 Å². The number of phosphoric acid groups is 2. The van der Waals surface area contributed by atoms with Crippen molar-refractivity contribution in [1.82, 2.24) is 0 Å². The van der Waals surface area contributed by atoms with E-state index >= 15 is 0 Å². The van der Waals surface area contributed by atoms with Crippen LogP contribution in [0.1, 0.15) is 427 Å². The number of aliphatic hydroxyl groups excluding tert-OH is 1. The van der Waals surface area contributed by atoms with Crippen molar-refractivity contribution < 1.29 is 80.2 Å². The molecule has 0 saturated heterocycles. The largest absolute Gasteiger partial charge is 0.472 e. The van der Waals surface area contributed by atoms with Crippen LogP contribution < -0.4 is 0 Å². The average molecular weight is 1480 g/mol. The summed E-state index contributed by atoms with van der Waals surface area (Å²) in [5, 5.41) is 10.7. The summed E-state index contributed by atoms with van der Waals surface area (Å²) in [6.07, 6.45) is 60.9. The van der Waals surface area contributed by atoms with Gasteiger partial charge >= 0.3 is 39.5 Å². The maximum absolute atomic E-state index is 13.1. The molecule has 101 heavy (non-hydrogen) atoms. The van der Waals surface area contributed by atoms with Gasteiger partial charge in [-0.3, -0.25) is 37.3 Å². The molecule has 0 rings (SSSR count).